The Morgan fingerprint density at radius 2 is 1.88 bits per heavy atom. The first-order valence-electron chi connectivity index (χ1n) is 8.06. The lowest BCUT2D eigenvalue weighted by Gasteiger charge is -2.14. The van der Waals surface area contributed by atoms with Crippen molar-refractivity contribution in [1.82, 2.24) is 5.32 Å². The van der Waals surface area contributed by atoms with E-state index >= 15 is 0 Å². The minimum Gasteiger partial charge on any atom is -0.490 e. The lowest BCUT2D eigenvalue weighted by molar-refractivity contribution is 0.199. The molecule has 24 heavy (non-hydrogen) atoms. The van der Waals surface area contributed by atoms with Gasteiger partial charge in [-0.3, -0.25) is 0 Å². The second-order valence-electron chi connectivity index (χ2n) is 5.26. The molecule has 0 aliphatic carbocycles. The lowest BCUT2D eigenvalue weighted by Crippen LogP contribution is -2.18. The normalized spacial score (nSPS) is 10.6. The van der Waals surface area contributed by atoms with Crippen molar-refractivity contribution >= 4 is 11.6 Å². The molecule has 2 aromatic rings. The van der Waals surface area contributed by atoms with Crippen LogP contribution in [0.4, 0.5) is 0 Å². The van der Waals surface area contributed by atoms with Gasteiger partial charge in [-0.05, 0) is 30.7 Å². The van der Waals surface area contributed by atoms with E-state index in [-0.39, 0.29) is 0 Å². The molecule has 0 saturated carbocycles. The smallest absolute Gasteiger partial charge is 0.161 e. The van der Waals surface area contributed by atoms with E-state index in [0.29, 0.717) is 24.8 Å². The van der Waals surface area contributed by atoms with Gasteiger partial charge in [0.25, 0.3) is 0 Å². The molecule has 0 aliphatic heterocycles. The second kappa shape index (κ2) is 10.2. The van der Waals surface area contributed by atoms with Crippen molar-refractivity contribution in [3.05, 3.63) is 58.6 Å². The Hall–Kier alpha value is -1.75. The first-order valence-corrected chi connectivity index (χ1v) is 8.44. The zero-order chi connectivity index (χ0) is 17.2. The van der Waals surface area contributed by atoms with Crippen molar-refractivity contribution in [2.45, 2.75) is 20.1 Å². The third kappa shape index (κ3) is 5.71. The molecule has 0 bridgehead atoms. The summed E-state index contributed by atoms with van der Waals surface area (Å²) in [5.74, 6) is 1.47. The average molecular weight is 350 g/mol. The van der Waals surface area contributed by atoms with Gasteiger partial charge in [-0.15, -0.1) is 0 Å². The molecule has 2 aromatic carbocycles. The van der Waals surface area contributed by atoms with Gasteiger partial charge in [0.2, 0.25) is 0 Å². The van der Waals surface area contributed by atoms with Crippen LogP contribution in [0.1, 0.15) is 18.1 Å². The van der Waals surface area contributed by atoms with Gasteiger partial charge in [0.15, 0.2) is 11.5 Å². The molecule has 130 valence electrons. The second-order valence-corrected chi connectivity index (χ2v) is 5.67. The highest BCUT2D eigenvalue weighted by Gasteiger charge is 2.08. The summed E-state index contributed by atoms with van der Waals surface area (Å²) >= 11 is 6.17. The molecule has 0 spiro atoms. The fraction of sp³-hybridized carbons (Fsp3) is 0.368. The van der Waals surface area contributed by atoms with Crippen LogP contribution in [0.5, 0.6) is 11.5 Å². The Bertz CT molecular complexity index is 634. The standard InChI is InChI=1S/C19H24ClNO3/c1-3-23-19-12-15(13-21-10-11-22-2)8-9-18(19)24-14-16-6-4-5-7-17(16)20/h4-9,12,21H,3,10-11,13-14H2,1-2H3. The average Bonchev–Trinajstić information content (AvgIpc) is 2.59. The van der Waals surface area contributed by atoms with E-state index in [1.807, 2.05) is 49.4 Å². The number of ether oxygens (including phenoxy) is 3. The summed E-state index contributed by atoms with van der Waals surface area (Å²) in [6.07, 6.45) is 0. The van der Waals surface area contributed by atoms with Crippen molar-refractivity contribution in [3.63, 3.8) is 0 Å². The van der Waals surface area contributed by atoms with E-state index in [9.17, 15) is 0 Å². The number of rotatable bonds is 10. The summed E-state index contributed by atoms with van der Waals surface area (Å²) in [5, 5.41) is 4.02. The van der Waals surface area contributed by atoms with Gasteiger partial charge in [-0.25, -0.2) is 0 Å². The Morgan fingerprint density at radius 3 is 2.62 bits per heavy atom. The summed E-state index contributed by atoms with van der Waals surface area (Å²) in [4.78, 5) is 0. The van der Waals surface area contributed by atoms with Crippen LogP contribution in [-0.2, 0) is 17.9 Å². The number of nitrogens with one attached hydrogen (secondary N) is 1. The fourth-order valence-corrected chi connectivity index (χ4v) is 2.42. The molecule has 0 atom stereocenters. The lowest BCUT2D eigenvalue weighted by atomic mass is 10.2. The Morgan fingerprint density at radius 1 is 1.04 bits per heavy atom. The molecular formula is C19H24ClNO3. The molecule has 0 unspecified atom stereocenters. The highest BCUT2D eigenvalue weighted by atomic mass is 35.5. The Kier molecular flexibility index (Phi) is 7.89. The molecule has 2 rings (SSSR count). The van der Waals surface area contributed by atoms with Crippen molar-refractivity contribution in [3.8, 4) is 11.5 Å². The van der Waals surface area contributed by atoms with Gasteiger partial charge in [-0.1, -0.05) is 35.9 Å². The van der Waals surface area contributed by atoms with E-state index in [0.717, 1.165) is 35.7 Å². The van der Waals surface area contributed by atoms with E-state index < -0.39 is 0 Å². The number of benzene rings is 2. The van der Waals surface area contributed by atoms with Crippen LogP contribution in [0, 0.1) is 0 Å². The molecule has 0 aromatic heterocycles. The van der Waals surface area contributed by atoms with E-state index in [1.165, 1.54) is 0 Å². The third-order valence-corrected chi connectivity index (χ3v) is 3.83. The predicted octanol–water partition coefficient (Wildman–Crippen LogP) is 4.05. The molecule has 0 radical (unpaired) electrons. The number of hydrogen-bond acceptors (Lipinski definition) is 4. The SMILES string of the molecule is CCOc1cc(CNCCOC)ccc1OCc1ccccc1Cl. The van der Waals surface area contributed by atoms with E-state index in [1.54, 1.807) is 7.11 Å². The van der Waals surface area contributed by atoms with E-state index in [2.05, 4.69) is 5.32 Å². The van der Waals surface area contributed by atoms with Crippen LogP contribution in [0.2, 0.25) is 5.02 Å². The highest BCUT2D eigenvalue weighted by Crippen LogP contribution is 2.30. The van der Waals surface area contributed by atoms with Crippen molar-refractivity contribution in [1.29, 1.82) is 0 Å². The topological polar surface area (TPSA) is 39.7 Å². The van der Waals surface area contributed by atoms with Gasteiger partial charge in [0, 0.05) is 30.8 Å². The van der Waals surface area contributed by atoms with Crippen molar-refractivity contribution < 1.29 is 14.2 Å². The summed E-state index contributed by atoms with van der Waals surface area (Å²) in [5.41, 5.74) is 2.09. The minimum absolute atomic E-state index is 0.408. The molecule has 4 nitrogen and oxygen atoms in total. The molecule has 0 heterocycles. The minimum atomic E-state index is 0.408. The maximum atomic E-state index is 6.17. The van der Waals surface area contributed by atoms with Crippen molar-refractivity contribution in [2.75, 3.05) is 26.9 Å². The number of hydrogen-bond donors (Lipinski definition) is 1. The van der Waals surface area contributed by atoms with Gasteiger partial charge >= 0.3 is 0 Å². The maximum Gasteiger partial charge on any atom is 0.161 e. The van der Waals surface area contributed by atoms with Gasteiger partial charge in [0.1, 0.15) is 6.61 Å². The summed E-state index contributed by atoms with van der Waals surface area (Å²) in [7, 11) is 1.69. The summed E-state index contributed by atoms with van der Waals surface area (Å²) in [6, 6.07) is 13.6. The fourth-order valence-electron chi connectivity index (χ4n) is 2.23. The Labute approximate surface area is 148 Å². The highest BCUT2D eigenvalue weighted by molar-refractivity contribution is 6.31. The van der Waals surface area contributed by atoms with Crippen LogP contribution in [0.25, 0.3) is 0 Å². The quantitative estimate of drug-likeness (QED) is 0.657. The van der Waals surface area contributed by atoms with Crippen LogP contribution < -0.4 is 14.8 Å². The van der Waals surface area contributed by atoms with Crippen LogP contribution in [0.3, 0.4) is 0 Å². The van der Waals surface area contributed by atoms with Gasteiger partial charge < -0.3 is 19.5 Å². The van der Waals surface area contributed by atoms with Gasteiger partial charge in [0.05, 0.1) is 13.2 Å². The summed E-state index contributed by atoms with van der Waals surface area (Å²) < 4.78 is 16.6. The molecule has 0 aliphatic rings. The molecule has 0 fully saturated rings. The van der Waals surface area contributed by atoms with Crippen molar-refractivity contribution in [2.24, 2.45) is 0 Å². The molecule has 1 N–H and O–H groups in total. The van der Waals surface area contributed by atoms with Crippen LogP contribution in [0.15, 0.2) is 42.5 Å². The molecule has 0 saturated heterocycles. The maximum absolute atomic E-state index is 6.17. The molecular weight excluding hydrogens is 326 g/mol. The van der Waals surface area contributed by atoms with E-state index in [4.69, 9.17) is 25.8 Å². The Balaban J connectivity index is 2.01. The first kappa shape index (κ1) is 18.6. The summed E-state index contributed by atoms with van der Waals surface area (Å²) in [6.45, 7) is 5.21. The van der Waals surface area contributed by atoms with Crippen LogP contribution in [-0.4, -0.2) is 26.9 Å². The first-order chi connectivity index (χ1) is 11.7. The number of methoxy groups -OCH3 is 1. The zero-order valence-corrected chi connectivity index (χ0v) is 14.9. The third-order valence-electron chi connectivity index (χ3n) is 3.46. The largest absolute Gasteiger partial charge is 0.490 e. The van der Waals surface area contributed by atoms with Gasteiger partial charge in [-0.2, -0.15) is 0 Å². The zero-order valence-electron chi connectivity index (χ0n) is 14.2. The molecule has 0 amide bonds. The van der Waals surface area contributed by atoms with Crippen LogP contribution >= 0.6 is 11.6 Å². The predicted molar refractivity (Wildman–Crippen MR) is 97.0 cm³/mol. The number of halogens is 1. The monoisotopic (exact) mass is 349 g/mol. The molecule has 5 heteroatoms.